The fourth-order valence-corrected chi connectivity index (χ4v) is 2.50. The van der Waals surface area contributed by atoms with Gasteiger partial charge in [-0.1, -0.05) is 25.3 Å². The molecular formula is C15H22F3IN4O. The lowest BCUT2D eigenvalue weighted by Gasteiger charge is -2.23. The second-order valence-electron chi connectivity index (χ2n) is 5.55. The van der Waals surface area contributed by atoms with Crippen molar-refractivity contribution in [1.82, 2.24) is 10.3 Å². The molecule has 136 valence electrons. The fourth-order valence-electron chi connectivity index (χ4n) is 2.50. The van der Waals surface area contributed by atoms with Gasteiger partial charge in [0, 0.05) is 17.8 Å². The Kier molecular flexibility index (Phi) is 8.57. The van der Waals surface area contributed by atoms with Gasteiger partial charge in [0.25, 0.3) is 0 Å². The number of ether oxygens (including phenoxy) is 1. The van der Waals surface area contributed by atoms with Gasteiger partial charge in [-0.05, 0) is 18.9 Å². The highest BCUT2D eigenvalue weighted by atomic mass is 127. The van der Waals surface area contributed by atoms with Crippen LogP contribution >= 0.6 is 24.0 Å². The zero-order valence-electron chi connectivity index (χ0n) is 13.2. The van der Waals surface area contributed by atoms with Crippen LogP contribution in [0, 0.1) is 0 Å². The summed E-state index contributed by atoms with van der Waals surface area (Å²) in [6.45, 7) is -1.26. The van der Waals surface area contributed by atoms with Crippen LogP contribution < -0.4 is 15.8 Å². The van der Waals surface area contributed by atoms with Crippen LogP contribution in [0.15, 0.2) is 23.3 Å². The van der Waals surface area contributed by atoms with E-state index in [9.17, 15) is 13.2 Å². The SMILES string of the molecule is I.NC(=NCc1cccnc1OCC(F)(F)F)NC1CCCCC1. The van der Waals surface area contributed by atoms with Crippen molar-refractivity contribution in [1.29, 1.82) is 0 Å². The van der Waals surface area contributed by atoms with Gasteiger partial charge in [0.05, 0.1) is 6.54 Å². The molecule has 0 spiro atoms. The van der Waals surface area contributed by atoms with Crippen molar-refractivity contribution in [3.8, 4) is 5.88 Å². The molecule has 1 aromatic rings. The maximum absolute atomic E-state index is 12.2. The highest BCUT2D eigenvalue weighted by molar-refractivity contribution is 14.0. The Morgan fingerprint density at radius 2 is 2.04 bits per heavy atom. The van der Waals surface area contributed by atoms with Crippen LogP contribution in [-0.2, 0) is 6.54 Å². The van der Waals surface area contributed by atoms with Gasteiger partial charge >= 0.3 is 6.18 Å². The highest BCUT2D eigenvalue weighted by Crippen LogP contribution is 2.20. The van der Waals surface area contributed by atoms with Crippen molar-refractivity contribution in [3.05, 3.63) is 23.9 Å². The standard InChI is InChI=1S/C15H21F3N4O.HI/c16-15(17,18)10-23-13-11(5-4-8-20-13)9-21-14(19)22-12-6-2-1-3-7-12;/h4-5,8,12H,1-3,6-7,9-10H2,(H3,19,21,22);1H. The first kappa shape index (κ1) is 20.8. The molecule has 1 saturated carbocycles. The van der Waals surface area contributed by atoms with Gasteiger partial charge in [-0.3, -0.25) is 0 Å². The number of guanidine groups is 1. The first-order valence-electron chi connectivity index (χ1n) is 7.64. The van der Waals surface area contributed by atoms with E-state index < -0.39 is 12.8 Å². The lowest BCUT2D eigenvalue weighted by atomic mass is 9.96. The molecule has 0 amide bonds. The number of nitrogens with zero attached hydrogens (tertiary/aromatic N) is 2. The smallest absolute Gasteiger partial charge is 0.422 e. The second kappa shape index (κ2) is 9.90. The summed E-state index contributed by atoms with van der Waals surface area (Å²) in [7, 11) is 0. The van der Waals surface area contributed by atoms with Gasteiger partial charge in [0.15, 0.2) is 12.6 Å². The average molecular weight is 458 g/mol. The van der Waals surface area contributed by atoms with Gasteiger partial charge in [-0.25, -0.2) is 9.98 Å². The number of alkyl halides is 3. The number of nitrogens with one attached hydrogen (secondary N) is 1. The molecule has 24 heavy (non-hydrogen) atoms. The molecular weight excluding hydrogens is 436 g/mol. The summed E-state index contributed by atoms with van der Waals surface area (Å²) in [5.41, 5.74) is 6.31. The minimum atomic E-state index is -4.40. The van der Waals surface area contributed by atoms with Crippen molar-refractivity contribution in [2.45, 2.75) is 50.9 Å². The van der Waals surface area contributed by atoms with Crippen LogP contribution in [0.25, 0.3) is 0 Å². The van der Waals surface area contributed by atoms with Gasteiger partial charge in [-0.15, -0.1) is 24.0 Å². The quantitative estimate of drug-likeness (QED) is 0.403. The molecule has 9 heteroatoms. The van der Waals surface area contributed by atoms with Crippen LogP contribution in [0.1, 0.15) is 37.7 Å². The molecule has 1 fully saturated rings. The Labute approximate surface area is 156 Å². The number of hydrogen-bond acceptors (Lipinski definition) is 3. The predicted octanol–water partition coefficient (Wildman–Crippen LogP) is 3.38. The summed E-state index contributed by atoms with van der Waals surface area (Å²) in [6, 6.07) is 3.56. The minimum absolute atomic E-state index is 0. The monoisotopic (exact) mass is 458 g/mol. The normalized spacial score (nSPS) is 16.4. The molecule has 0 unspecified atom stereocenters. The van der Waals surface area contributed by atoms with E-state index in [0.29, 0.717) is 17.6 Å². The summed E-state index contributed by atoms with van der Waals surface area (Å²) in [6.07, 6.45) is 2.67. The summed E-state index contributed by atoms with van der Waals surface area (Å²) >= 11 is 0. The number of aliphatic imine (C=N–C) groups is 1. The van der Waals surface area contributed by atoms with Crippen LogP contribution in [-0.4, -0.2) is 29.8 Å². The van der Waals surface area contributed by atoms with Crippen molar-refractivity contribution in [2.75, 3.05) is 6.61 Å². The van der Waals surface area contributed by atoms with E-state index in [-0.39, 0.29) is 36.4 Å². The van der Waals surface area contributed by atoms with Gasteiger partial charge in [0.1, 0.15) is 0 Å². The molecule has 1 heterocycles. The van der Waals surface area contributed by atoms with Crippen LogP contribution in [0.2, 0.25) is 0 Å². The average Bonchev–Trinajstić information content (AvgIpc) is 2.52. The Morgan fingerprint density at radius 1 is 1.33 bits per heavy atom. The second-order valence-corrected chi connectivity index (χ2v) is 5.55. The minimum Gasteiger partial charge on any atom is -0.468 e. The zero-order valence-corrected chi connectivity index (χ0v) is 15.5. The summed E-state index contributed by atoms with van der Waals surface area (Å²) in [5.74, 6) is 0.224. The third-order valence-corrected chi connectivity index (χ3v) is 3.60. The van der Waals surface area contributed by atoms with Crippen molar-refractivity contribution < 1.29 is 17.9 Å². The molecule has 0 radical (unpaired) electrons. The lowest BCUT2D eigenvalue weighted by Crippen LogP contribution is -2.41. The molecule has 3 N–H and O–H groups in total. The Balaban J connectivity index is 0.00000288. The van der Waals surface area contributed by atoms with E-state index in [2.05, 4.69) is 15.3 Å². The molecule has 1 aliphatic carbocycles. The number of hydrogen-bond donors (Lipinski definition) is 2. The molecule has 2 rings (SSSR count). The topological polar surface area (TPSA) is 72.5 Å². The van der Waals surface area contributed by atoms with Crippen molar-refractivity contribution in [2.24, 2.45) is 10.7 Å². The summed E-state index contributed by atoms with van der Waals surface area (Å²) < 4.78 is 41.4. The predicted molar refractivity (Wildman–Crippen MR) is 96.5 cm³/mol. The van der Waals surface area contributed by atoms with Crippen molar-refractivity contribution in [3.63, 3.8) is 0 Å². The number of aromatic nitrogens is 1. The van der Waals surface area contributed by atoms with E-state index in [1.165, 1.54) is 25.5 Å². The first-order valence-corrected chi connectivity index (χ1v) is 7.64. The summed E-state index contributed by atoms with van der Waals surface area (Å²) in [5, 5.41) is 3.15. The van der Waals surface area contributed by atoms with Crippen LogP contribution in [0.3, 0.4) is 0 Å². The molecule has 5 nitrogen and oxygen atoms in total. The van der Waals surface area contributed by atoms with E-state index in [0.717, 1.165) is 12.8 Å². The summed E-state index contributed by atoms with van der Waals surface area (Å²) in [4.78, 5) is 8.00. The Bertz CT molecular complexity index is 534. The van der Waals surface area contributed by atoms with Gasteiger partial charge in [0.2, 0.25) is 5.88 Å². The highest BCUT2D eigenvalue weighted by Gasteiger charge is 2.29. The van der Waals surface area contributed by atoms with E-state index in [1.54, 1.807) is 12.1 Å². The molecule has 1 aliphatic rings. The molecule has 1 aromatic heterocycles. The maximum atomic E-state index is 12.2. The largest absolute Gasteiger partial charge is 0.468 e. The molecule has 0 bridgehead atoms. The number of rotatable bonds is 5. The third kappa shape index (κ3) is 7.54. The molecule has 0 saturated heterocycles. The van der Waals surface area contributed by atoms with E-state index in [4.69, 9.17) is 10.5 Å². The van der Waals surface area contributed by atoms with Gasteiger partial charge < -0.3 is 15.8 Å². The lowest BCUT2D eigenvalue weighted by molar-refractivity contribution is -0.154. The fraction of sp³-hybridized carbons (Fsp3) is 0.600. The number of pyridine rings is 1. The molecule has 0 aliphatic heterocycles. The Morgan fingerprint density at radius 3 is 2.71 bits per heavy atom. The first-order chi connectivity index (χ1) is 10.9. The maximum Gasteiger partial charge on any atom is 0.422 e. The Hall–Kier alpha value is -1.26. The van der Waals surface area contributed by atoms with Crippen molar-refractivity contribution >= 4 is 29.9 Å². The van der Waals surface area contributed by atoms with Gasteiger partial charge in [-0.2, -0.15) is 13.2 Å². The van der Waals surface area contributed by atoms with E-state index >= 15 is 0 Å². The number of nitrogens with two attached hydrogens (primary N) is 1. The van der Waals surface area contributed by atoms with Crippen LogP contribution in [0.4, 0.5) is 13.2 Å². The number of halogens is 4. The van der Waals surface area contributed by atoms with Crippen LogP contribution in [0.5, 0.6) is 5.88 Å². The zero-order chi connectivity index (χ0) is 16.7. The van der Waals surface area contributed by atoms with E-state index in [1.807, 2.05) is 0 Å². The molecule has 0 atom stereocenters. The third-order valence-electron chi connectivity index (χ3n) is 3.60. The molecule has 0 aromatic carbocycles.